The number of hydrogen-bond donors (Lipinski definition) is 1. The van der Waals surface area contributed by atoms with Crippen LogP contribution in [-0.4, -0.2) is 46.6 Å². The molecule has 0 aliphatic rings. The molecule has 2 aromatic rings. The van der Waals surface area contributed by atoms with Gasteiger partial charge in [-0.25, -0.2) is 0 Å². The first-order chi connectivity index (χ1) is 13.9. The molecule has 0 bridgehead atoms. The molecule has 158 valence electrons. The Morgan fingerprint density at radius 2 is 1.66 bits per heavy atom. The summed E-state index contributed by atoms with van der Waals surface area (Å²) in [6, 6.07) is 4.35. The molecule has 1 atom stereocenters. The van der Waals surface area contributed by atoms with Gasteiger partial charge >= 0.3 is 5.97 Å². The molecule has 0 amide bonds. The largest absolute Gasteiger partial charge is 0.502 e. The molecule has 2 rings (SSSR count). The van der Waals surface area contributed by atoms with Crippen LogP contribution in [0.2, 0.25) is 0 Å². The van der Waals surface area contributed by atoms with Gasteiger partial charge < -0.3 is 33.2 Å². The van der Waals surface area contributed by atoms with Gasteiger partial charge in [-0.15, -0.1) is 0 Å². The predicted octanol–water partition coefficient (Wildman–Crippen LogP) is 2.21. The highest BCUT2D eigenvalue weighted by molar-refractivity contribution is 5.71. The van der Waals surface area contributed by atoms with Crippen molar-refractivity contribution in [3.05, 3.63) is 45.5 Å². The Kier molecular flexibility index (Phi) is 7.49. The lowest BCUT2D eigenvalue weighted by atomic mass is 9.91. The molecule has 1 aromatic heterocycles. The maximum atomic E-state index is 12.2. The lowest BCUT2D eigenvalue weighted by Gasteiger charge is -2.20. The molecule has 29 heavy (non-hydrogen) atoms. The molecule has 9 heteroatoms. The van der Waals surface area contributed by atoms with Crippen molar-refractivity contribution < 1.29 is 38.0 Å². The van der Waals surface area contributed by atoms with Crippen LogP contribution in [0.25, 0.3) is 0 Å². The number of carbonyl (C=O) groups excluding carboxylic acids is 1. The van der Waals surface area contributed by atoms with Gasteiger partial charge in [0.05, 0.1) is 40.8 Å². The monoisotopic (exact) mass is 408 g/mol. The zero-order valence-electron chi connectivity index (χ0n) is 16.9. The Morgan fingerprint density at radius 3 is 2.14 bits per heavy atom. The van der Waals surface area contributed by atoms with E-state index in [0.717, 1.165) is 6.07 Å². The van der Waals surface area contributed by atoms with Crippen LogP contribution in [-0.2, 0) is 20.9 Å². The van der Waals surface area contributed by atoms with Gasteiger partial charge in [-0.3, -0.25) is 9.59 Å². The van der Waals surface area contributed by atoms with Crippen molar-refractivity contribution in [2.75, 3.05) is 35.5 Å². The van der Waals surface area contributed by atoms with Crippen LogP contribution in [0, 0.1) is 0 Å². The predicted molar refractivity (Wildman–Crippen MR) is 102 cm³/mol. The average molecular weight is 408 g/mol. The molecule has 9 nitrogen and oxygen atoms in total. The van der Waals surface area contributed by atoms with Crippen molar-refractivity contribution in [2.45, 2.75) is 18.9 Å². The maximum Gasteiger partial charge on any atom is 0.306 e. The summed E-state index contributed by atoms with van der Waals surface area (Å²) in [5.74, 6) is -0.888. The van der Waals surface area contributed by atoms with E-state index in [1.807, 2.05) is 0 Å². The minimum atomic E-state index is -0.860. The van der Waals surface area contributed by atoms with Gasteiger partial charge in [0, 0.05) is 13.2 Å². The van der Waals surface area contributed by atoms with Gasteiger partial charge in [0.25, 0.3) is 0 Å². The number of esters is 1. The molecular weight excluding hydrogens is 384 g/mol. The van der Waals surface area contributed by atoms with Crippen LogP contribution in [0.15, 0.2) is 27.4 Å². The summed E-state index contributed by atoms with van der Waals surface area (Å²) in [5, 5.41) is 10.4. The number of aromatic hydroxyl groups is 1. The molecule has 0 spiro atoms. The van der Waals surface area contributed by atoms with E-state index >= 15 is 0 Å². The summed E-state index contributed by atoms with van der Waals surface area (Å²) in [7, 11) is 7.05. The Hall–Kier alpha value is -3.20. The van der Waals surface area contributed by atoms with Crippen LogP contribution in [0.4, 0.5) is 0 Å². The Bertz CT molecular complexity index is 892. The lowest BCUT2D eigenvalue weighted by Crippen LogP contribution is -2.14. The van der Waals surface area contributed by atoms with Crippen LogP contribution in [0.3, 0.4) is 0 Å². The fourth-order valence-electron chi connectivity index (χ4n) is 2.92. The Morgan fingerprint density at radius 1 is 1.03 bits per heavy atom. The zero-order valence-corrected chi connectivity index (χ0v) is 16.9. The first-order valence-corrected chi connectivity index (χ1v) is 8.61. The molecule has 0 saturated heterocycles. The minimum Gasteiger partial charge on any atom is -0.502 e. The number of rotatable bonds is 9. The number of carbonyl (C=O) groups is 1. The molecule has 0 unspecified atom stereocenters. The molecule has 1 heterocycles. The fourth-order valence-corrected chi connectivity index (χ4v) is 2.92. The third-order valence-electron chi connectivity index (χ3n) is 4.29. The minimum absolute atomic E-state index is 0.0166. The van der Waals surface area contributed by atoms with E-state index < -0.39 is 23.1 Å². The normalized spacial score (nSPS) is 11.6. The van der Waals surface area contributed by atoms with Gasteiger partial charge in [-0.05, 0) is 17.7 Å². The maximum absolute atomic E-state index is 12.2. The summed E-state index contributed by atoms with van der Waals surface area (Å²) in [5.41, 5.74) is -0.168. The molecule has 0 aliphatic carbocycles. The summed E-state index contributed by atoms with van der Waals surface area (Å²) < 4.78 is 31.5. The van der Waals surface area contributed by atoms with Crippen LogP contribution in [0.5, 0.6) is 23.0 Å². The summed E-state index contributed by atoms with van der Waals surface area (Å²) in [4.78, 5) is 24.3. The second-order valence-electron chi connectivity index (χ2n) is 6.01. The third-order valence-corrected chi connectivity index (χ3v) is 4.29. The summed E-state index contributed by atoms with van der Waals surface area (Å²) >= 11 is 0. The first kappa shape index (κ1) is 22.1. The van der Waals surface area contributed by atoms with Gasteiger partial charge in [-0.2, -0.15) is 0 Å². The highest BCUT2D eigenvalue weighted by Crippen LogP contribution is 2.43. The van der Waals surface area contributed by atoms with Crippen LogP contribution >= 0.6 is 0 Å². The fraction of sp³-hybridized carbons (Fsp3) is 0.400. The molecule has 0 fully saturated rings. The zero-order chi connectivity index (χ0) is 21.6. The van der Waals surface area contributed by atoms with E-state index in [9.17, 15) is 14.7 Å². The second-order valence-corrected chi connectivity index (χ2v) is 6.01. The van der Waals surface area contributed by atoms with E-state index in [1.54, 1.807) is 12.1 Å². The number of ether oxygens (including phenoxy) is 5. The van der Waals surface area contributed by atoms with Crippen molar-refractivity contribution in [1.82, 2.24) is 0 Å². The van der Waals surface area contributed by atoms with E-state index in [-0.39, 0.29) is 24.5 Å². The third kappa shape index (κ3) is 4.80. The second kappa shape index (κ2) is 9.83. The summed E-state index contributed by atoms with van der Waals surface area (Å²) in [6.45, 7) is 0.0166. The van der Waals surface area contributed by atoms with Crippen molar-refractivity contribution in [1.29, 1.82) is 0 Å². The highest BCUT2D eigenvalue weighted by Gasteiger charge is 2.29. The van der Waals surface area contributed by atoms with Crippen molar-refractivity contribution >= 4 is 5.97 Å². The van der Waals surface area contributed by atoms with Crippen LogP contribution in [0.1, 0.15) is 29.4 Å². The van der Waals surface area contributed by atoms with Gasteiger partial charge in [0.2, 0.25) is 16.9 Å². The topological polar surface area (TPSA) is 114 Å². The number of benzene rings is 1. The number of methoxy groups -OCH3 is 5. The smallest absolute Gasteiger partial charge is 0.306 e. The van der Waals surface area contributed by atoms with E-state index in [0.29, 0.717) is 22.8 Å². The standard InChI is InChI=1S/C20H24O9/c1-24-10-12-8-14(21)18(23)19(29-12)13(9-17(22)27-4)11-6-15(25-2)20(28-5)16(7-11)26-3/h6-8,13,23H,9-10H2,1-5H3/t13-/m0/s1. The molecule has 0 radical (unpaired) electrons. The highest BCUT2D eigenvalue weighted by atomic mass is 16.5. The number of hydrogen-bond acceptors (Lipinski definition) is 9. The van der Waals surface area contributed by atoms with Gasteiger partial charge in [0.15, 0.2) is 17.3 Å². The van der Waals surface area contributed by atoms with E-state index in [4.69, 9.17) is 28.1 Å². The SMILES string of the molecule is COCc1cc(=O)c(O)c([C@@H](CC(=O)OC)c2cc(OC)c(OC)c(OC)c2)o1. The molecule has 0 saturated carbocycles. The van der Waals surface area contributed by atoms with Crippen molar-refractivity contribution in [3.63, 3.8) is 0 Å². The lowest BCUT2D eigenvalue weighted by molar-refractivity contribution is -0.140. The molecular formula is C20H24O9. The quantitative estimate of drug-likeness (QED) is 0.624. The summed E-state index contributed by atoms with van der Waals surface area (Å²) in [6.07, 6.45) is -0.206. The first-order valence-electron chi connectivity index (χ1n) is 8.61. The average Bonchev–Trinajstić information content (AvgIpc) is 2.73. The Labute approximate surface area is 167 Å². The van der Waals surface area contributed by atoms with E-state index in [2.05, 4.69) is 0 Å². The van der Waals surface area contributed by atoms with Gasteiger partial charge in [0.1, 0.15) is 12.4 Å². The molecule has 0 aliphatic heterocycles. The Balaban J connectivity index is 2.73. The molecule has 1 aromatic carbocycles. The van der Waals surface area contributed by atoms with Gasteiger partial charge in [-0.1, -0.05) is 0 Å². The molecule has 1 N–H and O–H groups in total. The van der Waals surface area contributed by atoms with Crippen molar-refractivity contribution in [3.8, 4) is 23.0 Å². The van der Waals surface area contributed by atoms with Crippen molar-refractivity contribution in [2.24, 2.45) is 0 Å². The van der Waals surface area contributed by atoms with Crippen LogP contribution < -0.4 is 19.6 Å². The van der Waals surface area contributed by atoms with E-state index in [1.165, 1.54) is 35.5 Å².